The zero-order valence-corrected chi connectivity index (χ0v) is 13.0. The number of hydrogen-bond acceptors (Lipinski definition) is 3. The molecule has 1 aromatic carbocycles. The Bertz CT molecular complexity index is 519. The van der Waals surface area contributed by atoms with E-state index in [-0.39, 0.29) is 37.1 Å². The summed E-state index contributed by atoms with van der Waals surface area (Å²) in [5.41, 5.74) is -0.891. The summed E-state index contributed by atoms with van der Waals surface area (Å²) in [5, 5.41) is 13.4. The Labute approximate surface area is 132 Å². The van der Waals surface area contributed by atoms with Crippen molar-refractivity contribution < 1.29 is 27.8 Å². The number of halogens is 3. The second-order valence-corrected chi connectivity index (χ2v) is 5.17. The molecule has 1 rings (SSSR count). The molecule has 1 aromatic rings. The summed E-state index contributed by atoms with van der Waals surface area (Å²) < 4.78 is 44.7. The highest BCUT2D eigenvalue weighted by molar-refractivity contribution is 5.73. The molecule has 8 heteroatoms. The third kappa shape index (κ3) is 6.77. The molecule has 0 aliphatic carbocycles. The van der Waals surface area contributed by atoms with Crippen LogP contribution in [0.3, 0.4) is 0 Å². The topological polar surface area (TPSA) is 70.6 Å². The highest BCUT2D eigenvalue weighted by Crippen LogP contribution is 2.34. The van der Waals surface area contributed by atoms with E-state index in [1.807, 2.05) is 0 Å². The lowest BCUT2D eigenvalue weighted by atomic mass is 10.1. The van der Waals surface area contributed by atoms with E-state index in [2.05, 4.69) is 10.6 Å². The minimum Gasteiger partial charge on any atom is -0.491 e. The molecule has 0 fully saturated rings. The monoisotopic (exact) mass is 334 g/mol. The third-order valence-corrected chi connectivity index (χ3v) is 2.82. The maximum atomic E-state index is 13.1. The second-order valence-electron chi connectivity index (χ2n) is 5.17. The average molecular weight is 334 g/mol. The molecule has 2 amide bonds. The van der Waals surface area contributed by atoms with Gasteiger partial charge in [-0.05, 0) is 38.0 Å². The molecule has 3 N–H and O–H groups in total. The quantitative estimate of drug-likeness (QED) is 0.672. The molecule has 130 valence electrons. The smallest absolute Gasteiger partial charge is 0.416 e. The van der Waals surface area contributed by atoms with Crippen LogP contribution in [0.5, 0.6) is 5.75 Å². The number of hydrogen-bond donors (Lipinski definition) is 3. The Hall–Kier alpha value is -1.96. The van der Waals surface area contributed by atoms with Gasteiger partial charge in [-0.2, -0.15) is 13.2 Å². The van der Waals surface area contributed by atoms with Gasteiger partial charge in [0.05, 0.1) is 11.7 Å². The van der Waals surface area contributed by atoms with E-state index < -0.39 is 17.8 Å². The van der Waals surface area contributed by atoms with Crippen LogP contribution < -0.4 is 15.4 Å². The third-order valence-electron chi connectivity index (χ3n) is 2.82. The van der Waals surface area contributed by atoms with Crippen molar-refractivity contribution in [3.63, 3.8) is 0 Å². The Morgan fingerprint density at radius 3 is 2.57 bits per heavy atom. The van der Waals surface area contributed by atoms with Crippen molar-refractivity contribution in [1.82, 2.24) is 10.6 Å². The lowest BCUT2D eigenvalue weighted by Gasteiger charge is -2.17. The molecule has 0 aromatic heterocycles. The fraction of sp³-hybridized carbons (Fsp3) is 0.533. The normalized spacial score (nSPS) is 11.4. The van der Waals surface area contributed by atoms with Gasteiger partial charge in [-0.25, -0.2) is 4.79 Å². The predicted molar refractivity (Wildman–Crippen MR) is 79.1 cm³/mol. The SMILES string of the molecule is CC(C)Oc1ccc(CNC(=O)NCCCO)c(C(F)(F)F)c1. The minimum atomic E-state index is -4.54. The van der Waals surface area contributed by atoms with E-state index in [1.165, 1.54) is 12.1 Å². The molecule has 0 heterocycles. The fourth-order valence-corrected chi connectivity index (χ4v) is 1.84. The van der Waals surface area contributed by atoms with E-state index >= 15 is 0 Å². The van der Waals surface area contributed by atoms with Gasteiger partial charge >= 0.3 is 12.2 Å². The van der Waals surface area contributed by atoms with Gasteiger partial charge in [0.15, 0.2) is 0 Å². The molecule has 0 atom stereocenters. The van der Waals surface area contributed by atoms with Crippen molar-refractivity contribution >= 4 is 6.03 Å². The summed E-state index contributed by atoms with van der Waals surface area (Å²) in [7, 11) is 0. The molecule has 0 spiro atoms. The lowest BCUT2D eigenvalue weighted by Crippen LogP contribution is -2.36. The molecule has 23 heavy (non-hydrogen) atoms. The molecule has 0 saturated carbocycles. The number of aliphatic hydroxyl groups excluding tert-OH is 1. The van der Waals surface area contributed by atoms with Crippen LogP contribution >= 0.6 is 0 Å². The summed E-state index contributed by atoms with van der Waals surface area (Å²) in [6.07, 6.45) is -4.40. The first-order chi connectivity index (χ1) is 10.7. The van der Waals surface area contributed by atoms with Crippen LogP contribution in [-0.4, -0.2) is 30.4 Å². The number of carbonyl (C=O) groups excluding carboxylic acids is 1. The van der Waals surface area contributed by atoms with Gasteiger partial charge in [-0.15, -0.1) is 0 Å². The first-order valence-corrected chi connectivity index (χ1v) is 7.23. The van der Waals surface area contributed by atoms with E-state index in [1.54, 1.807) is 13.8 Å². The Balaban J connectivity index is 2.79. The largest absolute Gasteiger partial charge is 0.491 e. The van der Waals surface area contributed by atoms with Crippen LogP contribution in [0.15, 0.2) is 18.2 Å². The van der Waals surface area contributed by atoms with Crippen molar-refractivity contribution in [1.29, 1.82) is 0 Å². The summed E-state index contributed by atoms with van der Waals surface area (Å²) in [4.78, 5) is 11.5. The minimum absolute atomic E-state index is 0.0501. The van der Waals surface area contributed by atoms with Gasteiger partial charge < -0.3 is 20.5 Å². The highest BCUT2D eigenvalue weighted by atomic mass is 19.4. The first kappa shape index (κ1) is 19.1. The Kier molecular flexibility index (Phi) is 7.15. The number of benzene rings is 1. The van der Waals surface area contributed by atoms with Crippen LogP contribution in [0.2, 0.25) is 0 Å². The zero-order chi connectivity index (χ0) is 17.5. The summed E-state index contributed by atoms with van der Waals surface area (Å²) in [5.74, 6) is 0.128. The molecule has 5 nitrogen and oxygen atoms in total. The van der Waals surface area contributed by atoms with Crippen LogP contribution in [-0.2, 0) is 12.7 Å². The number of aliphatic hydroxyl groups is 1. The maximum absolute atomic E-state index is 13.1. The van der Waals surface area contributed by atoms with Gasteiger partial charge in [0.2, 0.25) is 0 Å². The molecule has 0 aliphatic heterocycles. The van der Waals surface area contributed by atoms with Crippen molar-refractivity contribution in [3.05, 3.63) is 29.3 Å². The number of ether oxygens (including phenoxy) is 1. The number of rotatable bonds is 7. The van der Waals surface area contributed by atoms with Crippen LogP contribution in [0.1, 0.15) is 31.4 Å². The number of nitrogens with one attached hydrogen (secondary N) is 2. The summed E-state index contributed by atoms with van der Waals surface area (Å²) in [6, 6.07) is 3.07. The maximum Gasteiger partial charge on any atom is 0.416 e. The van der Waals surface area contributed by atoms with Gasteiger partial charge in [-0.3, -0.25) is 0 Å². The highest BCUT2D eigenvalue weighted by Gasteiger charge is 2.33. The molecule has 0 unspecified atom stereocenters. The number of urea groups is 1. The Morgan fingerprint density at radius 2 is 2.00 bits per heavy atom. The molecule has 0 radical (unpaired) electrons. The molecular formula is C15H21F3N2O3. The van der Waals surface area contributed by atoms with Crippen molar-refractivity contribution in [2.24, 2.45) is 0 Å². The predicted octanol–water partition coefficient (Wildman–Crippen LogP) is 2.67. The van der Waals surface area contributed by atoms with Gasteiger partial charge in [0.1, 0.15) is 5.75 Å². The lowest BCUT2D eigenvalue weighted by molar-refractivity contribution is -0.138. The van der Waals surface area contributed by atoms with Crippen molar-refractivity contribution in [3.8, 4) is 5.75 Å². The number of carbonyl (C=O) groups is 1. The van der Waals surface area contributed by atoms with Crippen LogP contribution in [0.4, 0.5) is 18.0 Å². The number of amides is 2. The van der Waals surface area contributed by atoms with E-state index in [9.17, 15) is 18.0 Å². The molecular weight excluding hydrogens is 313 g/mol. The average Bonchev–Trinajstić information content (AvgIpc) is 2.44. The van der Waals surface area contributed by atoms with E-state index in [4.69, 9.17) is 9.84 Å². The van der Waals surface area contributed by atoms with Gasteiger partial charge in [0.25, 0.3) is 0 Å². The van der Waals surface area contributed by atoms with Gasteiger partial charge in [-0.1, -0.05) is 6.07 Å². The van der Waals surface area contributed by atoms with Crippen molar-refractivity contribution in [2.75, 3.05) is 13.2 Å². The van der Waals surface area contributed by atoms with E-state index in [0.29, 0.717) is 6.42 Å². The Morgan fingerprint density at radius 1 is 1.30 bits per heavy atom. The van der Waals surface area contributed by atoms with E-state index in [0.717, 1.165) is 6.07 Å². The van der Waals surface area contributed by atoms with Crippen LogP contribution in [0, 0.1) is 0 Å². The van der Waals surface area contributed by atoms with Gasteiger partial charge in [0, 0.05) is 19.7 Å². The zero-order valence-electron chi connectivity index (χ0n) is 13.0. The number of alkyl halides is 3. The van der Waals surface area contributed by atoms with Crippen LogP contribution in [0.25, 0.3) is 0 Å². The summed E-state index contributed by atoms with van der Waals surface area (Å²) >= 11 is 0. The fourth-order valence-electron chi connectivity index (χ4n) is 1.84. The summed E-state index contributed by atoms with van der Waals surface area (Å²) in [6.45, 7) is 3.35. The second kappa shape index (κ2) is 8.61. The first-order valence-electron chi connectivity index (χ1n) is 7.23. The molecule has 0 bridgehead atoms. The molecule has 0 saturated heterocycles. The standard InChI is InChI=1S/C15H21F3N2O3/c1-10(2)23-12-5-4-11(13(8-12)15(16,17)18)9-20-14(22)19-6-3-7-21/h4-5,8,10,21H,3,6-7,9H2,1-2H3,(H2,19,20,22). The van der Waals surface area contributed by atoms with Crippen molar-refractivity contribution in [2.45, 2.75) is 39.1 Å². The molecule has 0 aliphatic rings.